The quantitative estimate of drug-likeness (QED) is 0.886. The molecule has 0 radical (unpaired) electrons. The van der Waals surface area contributed by atoms with E-state index in [1.165, 1.54) is 6.07 Å². The number of amides is 1. The molecule has 1 saturated heterocycles. The van der Waals surface area contributed by atoms with Crippen LogP contribution in [0.4, 0.5) is 0 Å². The van der Waals surface area contributed by atoms with Gasteiger partial charge in [0.05, 0.1) is 17.1 Å². The average Bonchev–Trinajstić information content (AvgIpc) is 2.76. The molecule has 0 aliphatic carbocycles. The lowest BCUT2D eigenvalue weighted by Crippen LogP contribution is -2.30. The van der Waals surface area contributed by atoms with Crippen molar-refractivity contribution in [1.82, 2.24) is 5.32 Å². The predicted molar refractivity (Wildman–Crippen MR) is 81.3 cm³/mol. The fraction of sp³-hybridized carbons (Fsp3) is 0.533. The van der Waals surface area contributed by atoms with Crippen molar-refractivity contribution in [2.45, 2.75) is 26.2 Å². The van der Waals surface area contributed by atoms with E-state index in [-0.39, 0.29) is 40.6 Å². The number of carbonyl (C=O) groups is 1. The van der Waals surface area contributed by atoms with Crippen LogP contribution in [0.5, 0.6) is 5.75 Å². The van der Waals surface area contributed by atoms with Gasteiger partial charge in [-0.25, -0.2) is 8.42 Å². The van der Waals surface area contributed by atoms with Crippen molar-refractivity contribution < 1.29 is 18.3 Å². The molecule has 1 aromatic rings. The van der Waals surface area contributed by atoms with Crippen molar-refractivity contribution in [3.63, 3.8) is 0 Å². The summed E-state index contributed by atoms with van der Waals surface area (Å²) >= 11 is 0. The highest BCUT2D eigenvalue weighted by Crippen LogP contribution is 2.23. The minimum atomic E-state index is -2.93. The monoisotopic (exact) mass is 311 g/mol. The number of hydrogen-bond donors (Lipinski definition) is 2. The van der Waals surface area contributed by atoms with Crippen LogP contribution in [0, 0.1) is 5.92 Å². The normalized spacial score (nSPS) is 20.6. The number of phenolic OH excluding ortho intramolecular Hbond substituents is 1. The van der Waals surface area contributed by atoms with Gasteiger partial charge in [-0.05, 0) is 36.0 Å². The van der Waals surface area contributed by atoms with Gasteiger partial charge in [-0.1, -0.05) is 19.9 Å². The minimum absolute atomic E-state index is 0.0330. The summed E-state index contributed by atoms with van der Waals surface area (Å²) in [5.74, 6) is 0.133. The molecule has 21 heavy (non-hydrogen) atoms. The van der Waals surface area contributed by atoms with Gasteiger partial charge in [-0.3, -0.25) is 4.79 Å². The third-order valence-electron chi connectivity index (χ3n) is 3.81. The molecule has 1 heterocycles. The Balaban J connectivity index is 2.02. The van der Waals surface area contributed by atoms with E-state index in [1.807, 2.05) is 13.8 Å². The third kappa shape index (κ3) is 3.97. The number of aromatic hydroxyl groups is 1. The summed E-state index contributed by atoms with van der Waals surface area (Å²) in [7, 11) is -2.93. The van der Waals surface area contributed by atoms with E-state index in [2.05, 4.69) is 5.32 Å². The topological polar surface area (TPSA) is 83.5 Å². The maximum atomic E-state index is 12.1. The maximum Gasteiger partial charge on any atom is 0.255 e. The second kappa shape index (κ2) is 6.05. The van der Waals surface area contributed by atoms with E-state index in [0.717, 1.165) is 5.56 Å². The number of nitrogens with one attached hydrogen (secondary N) is 1. The Kier molecular flexibility index (Phi) is 4.56. The highest BCUT2D eigenvalue weighted by atomic mass is 32.2. The van der Waals surface area contributed by atoms with Gasteiger partial charge in [0.15, 0.2) is 9.84 Å². The maximum absolute atomic E-state index is 12.1. The molecule has 1 aromatic carbocycles. The first-order valence-corrected chi connectivity index (χ1v) is 8.92. The lowest BCUT2D eigenvalue weighted by atomic mass is 10.00. The van der Waals surface area contributed by atoms with Crippen LogP contribution in [0.15, 0.2) is 18.2 Å². The van der Waals surface area contributed by atoms with Gasteiger partial charge in [0.2, 0.25) is 0 Å². The van der Waals surface area contributed by atoms with Crippen LogP contribution >= 0.6 is 0 Å². The molecular weight excluding hydrogens is 290 g/mol. The van der Waals surface area contributed by atoms with Crippen LogP contribution in [0.3, 0.4) is 0 Å². The van der Waals surface area contributed by atoms with Crippen molar-refractivity contribution in [2.75, 3.05) is 18.1 Å². The molecule has 5 nitrogen and oxygen atoms in total. The SMILES string of the molecule is CC(C)c1ccc(O)c(C(=O)NCC2CCS(=O)(=O)C2)c1. The Morgan fingerprint density at radius 3 is 2.71 bits per heavy atom. The molecule has 0 aromatic heterocycles. The number of hydrogen-bond acceptors (Lipinski definition) is 4. The Bertz CT molecular complexity index is 637. The van der Waals surface area contributed by atoms with E-state index < -0.39 is 9.84 Å². The summed E-state index contributed by atoms with van der Waals surface area (Å²) < 4.78 is 22.8. The predicted octanol–water partition coefficient (Wildman–Crippen LogP) is 1.68. The molecule has 1 atom stereocenters. The fourth-order valence-corrected chi connectivity index (χ4v) is 4.32. The smallest absolute Gasteiger partial charge is 0.255 e. The number of phenols is 1. The molecule has 1 aliphatic heterocycles. The third-order valence-corrected chi connectivity index (χ3v) is 5.65. The van der Waals surface area contributed by atoms with Crippen LogP contribution in [-0.4, -0.2) is 37.5 Å². The molecule has 0 bridgehead atoms. The Hall–Kier alpha value is -1.56. The van der Waals surface area contributed by atoms with Gasteiger partial charge in [-0.15, -0.1) is 0 Å². The second-order valence-corrected chi connectivity index (χ2v) is 8.14. The Labute approximate surface area is 125 Å². The zero-order valence-corrected chi connectivity index (χ0v) is 13.1. The number of carbonyl (C=O) groups excluding carboxylic acids is 1. The average molecular weight is 311 g/mol. The van der Waals surface area contributed by atoms with Crippen molar-refractivity contribution >= 4 is 15.7 Å². The van der Waals surface area contributed by atoms with E-state index in [4.69, 9.17) is 0 Å². The fourth-order valence-electron chi connectivity index (χ4n) is 2.46. The van der Waals surface area contributed by atoms with E-state index in [9.17, 15) is 18.3 Å². The molecule has 6 heteroatoms. The Morgan fingerprint density at radius 2 is 2.14 bits per heavy atom. The van der Waals surface area contributed by atoms with Crippen molar-refractivity contribution in [3.05, 3.63) is 29.3 Å². The first-order valence-electron chi connectivity index (χ1n) is 7.10. The minimum Gasteiger partial charge on any atom is -0.507 e. The van der Waals surface area contributed by atoms with Crippen LogP contribution in [0.1, 0.15) is 42.1 Å². The van der Waals surface area contributed by atoms with Gasteiger partial charge in [0.1, 0.15) is 5.75 Å². The zero-order chi connectivity index (χ0) is 15.6. The molecule has 116 valence electrons. The Morgan fingerprint density at radius 1 is 1.43 bits per heavy atom. The van der Waals surface area contributed by atoms with Gasteiger partial charge in [-0.2, -0.15) is 0 Å². The number of rotatable bonds is 4. The van der Waals surface area contributed by atoms with Crippen molar-refractivity contribution in [1.29, 1.82) is 0 Å². The summed E-state index contributed by atoms with van der Waals surface area (Å²) in [5.41, 5.74) is 1.21. The number of sulfone groups is 1. The van der Waals surface area contributed by atoms with Crippen molar-refractivity contribution in [2.24, 2.45) is 5.92 Å². The first-order chi connectivity index (χ1) is 9.78. The summed E-state index contributed by atoms with van der Waals surface area (Å²) in [6.45, 7) is 4.35. The standard InChI is InChI=1S/C15H21NO4S/c1-10(2)12-3-4-14(17)13(7-12)15(18)16-8-11-5-6-21(19,20)9-11/h3-4,7,10-11,17H,5-6,8-9H2,1-2H3,(H,16,18). The molecule has 0 spiro atoms. The lowest BCUT2D eigenvalue weighted by molar-refractivity contribution is 0.0945. The summed E-state index contributed by atoms with van der Waals surface area (Å²) in [6.07, 6.45) is 0.584. The summed E-state index contributed by atoms with van der Waals surface area (Å²) in [6, 6.07) is 4.99. The van der Waals surface area contributed by atoms with Gasteiger partial charge >= 0.3 is 0 Å². The molecule has 1 fully saturated rings. The van der Waals surface area contributed by atoms with E-state index in [1.54, 1.807) is 12.1 Å². The van der Waals surface area contributed by atoms with Gasteiger partial charge < -0.3 is 10.4 Å². The highest BCUT2D eigenvalue weighted by Gasteiger charge is 2.28. The number of benzene rings is 1. The van der Waals surface area contributed by atoms with E-state index in [0.29, 0.717) is 13.0 Å². The summed E-state index contributed by atoms with van der Waals surface area (Å²) in [4.78, 5) is 12.1. The molecule has 1 amide bonds. The molecule has 2 rings (SSSR count). The second-order valence-electron chi connectivity index (χ2n) is 5.91. The van der Waals surface area contributed by atoms with Crippen LogP contribution < -0.4 is 5.32 Å². The molecule has 1 unspecified atom stereocenters. The highest BCUT2D eigenvalue weighted by molar-refractivity contribution is 7.91. The molecule has 2 N–H and O–H groups in total. The molecular formula is C15H21NO4S. The lowest BCUT2D eigenvalue weighted by Gasteiger charge is -2.12. The van der Waals surface area contributed by atoms with Gasteiger partial charge in [0, 0.05) is 6.54 Å². The van der Waals surface area contributed by atoms with Crippen LogP contribution in [-0.2, 0) is 9.84 Å². The first kappa shape index (κ1) is 15.8. The molecule has 0 saturated carbocycles. The largest absolute Gasteiger partial charge is 0.507 e. The van der Waals surface area contributed by atoms with Crippen LogP contribution in [0.2, 0.25) is 0 Å². The van der Waals surface area contributed by atoms with Gasteiger partial charge in [0.25, 0.3) is 5.91 Å². The summed E-state index contributed by atoms with van der Waals surface area (Å²) in [5, 5.41) is 12.5. The zero-order valence-electron chi connectivity index (χ0n) is 12.3. The van der Waals surface area contributed by atoms with Crippen LogP contribution in [0.25, 0.3) is 0 Å². The van der Waals surface area contributed by atoms with E-state index >= 15 is 0 Å². The van der Waals surface area contributed by atoms with Crippen molar-refractivity contribution in [3.8, 4) is 5.75 Å². The molecule has 1 aliphatic rings.